The molecule has 0 aliphatic carbocycles. The van der Waals surface area contributed by atoms with Crippen LogP contribution in [0.1, 0.15) is 19.8 Å². The van der Waals surface area contributed by atoms with Gasteiger partial charge in [-0.3, -0.25) is 5.10 Å². The summed E-state index contributed by atoms with van der Waals surface area (Å²) < 4.78 is 17.9. The fourth-order valence-corrected chi connectivity index (χ4v) is 3.72. The molecule has 1 aliphatic heterocycles. The molecule has 148 valence electrons. The Morgan fingerprint density at radius 3 is 3.14 bits per heavy atom. The van der Waals surface area contributed by atoms with E-state index in [4.69, 9.17) is 9.72 Å². The third kappa shape index (κ3) is 3.83. The highest BCUT2D eigenvalue weighted by atomic mass is 32.1. The minimum atomic E-state index is 0.254. The summed E-state index contributed by atoms with van der Waals surface area (Å²) >= 11 is 0.645. The number of H-pyrrole nitrogens is 1. The van der Waals surface area contributed by atoms with Crippen molar-refractivity contribution < 1.29 is 8.95 Å². The molecule has 4 heterocycles. The molecular formula is C18H24N7O2S+. The Balaban J connectivity index is 1.70. The Morgan fingerprint density at radius 2 is 2.36 bits per heavy atom. The van der Waals surface area contributed by atoms with Crippen LogP contribution in [-0.2, 0) is 20.6 Å². The van der Waals surface area contributed by atoms with E-state index in [0.717, 1.165) is 54.3 Å². The fraction of sp³-hybridized carbons (Fsp3) is 0.500. The zero-order valence-electron chi connectivity index (χ0n) is 15.8. The topological polar surface area (TPSA) is 101 Å². The molecule has 1 atom stereocenters. The molecule has 3 aromatic rings. The lowest BCUT2D eigenvalue weighted by Crippen LogP contribution is -2.44. The van der Waals surface area contributed by atoms with Gasteiger partial charge in [0.2, 0.25) is 5.75 Å². The summed E-state index contributed by atoms with van der Waals surface area (Å²) in [7, 11) is 0. The van der Waals surface area contributed by atoms with E-state index in [1.807, 2.05) is 12.3 Å². The van der Waals surface area contributed by atoms with Crippen molar-refractivity contribution in [1.82, 2.24) is 25.0 Å². The standard InChI is InChI=1S/C18H24N7O2S/c1-13-12-27-8-7-24(13)17-10-15(19-5-2-3-9-28-26)14-11-21-25(18(14)22-17)16-4-6-20-23-16/h4,6,10-11,13H,2-3,5,7-9,12H2,1H3,(H,19,22)(H,20,23)/q+1/t13-/m1/s1. The average Bonchev–Trinajstić information content (AvgIpc) is 3.37. The molecule has 0 aromatic carbocycles. The number of nitrogens with zero attached hydrogens (tertiary/aromatic N) is 5. The minimum absolute atomic E-state index is 0.254. The van der Waals surface area contributed by atoms with Gasteiger partial charge in [0.25, 0.3) is 0 Å². The largest absolute Gasteiger partial charge is 0.458 e. The van der Waals surface area contributed by atoms with E-state index >= 15 is 0 Å². The first kappa shape index (κ1) is 18.8. The van der Waals surface area contributed by atoms with Gasteiger partial charge in [0, 0.05) is 35.9 Å². The molecule has 0 unspecified atom stereocenters. The number of unbranched alkanes of at least 4 members (excludes halogenated alkanes) is 1. The van der Waals surface area contributed by atoms with Crippen molar-refractivity contribution in [2.45, 2.75) is 25.8 Å². The molecular weight excluding hydrogens is 378 g/mol. The zero-order valence-corrected chi connectivity index (χ0v) is 16.6. The van der Waals surface area contributed by atoms with E-state index in [2.05, 4.69) is 38.5 Å². The molecule has 0 bridgehead atoms. The van der Waals surface area contributed by atoms with Gasteiger partial charge < -0.3 is 15.0 Å². The highest BCUT2D eigenvalue weighted by molar-refractivity contribution is 7.65. The van der Waals surface area contributed by atoms with E-state index in [1.54, 1.807) is 10.9 Å². The third-order valence-electron chi connectivity index (χ3n) is 4.87. The number of morpholine rings is 1. The molecule has 1 saturated heterocycles. The van der Waals surface area contributed by atoms with Gasteiger partial charge in [0.05, 0.1) is 42.7 Å². The Kier molecular flexibility index (Phi) is 5.77. The number of anilines is 2. The second-order valence-electron chi connectivity index (χ2n) is 6.84. The van der Waals surface area contributed by atoms with Crippen molar-refractivity contribution >= 4 is 34.2 Å². The minimum Gasteiger partial charge on any atom is -0.384 e. The van der Waals surface area contributed by atoms with Crippen molar-refractivity contribution in [2.24, 2.45) is 0 Å². The van der Waals surface area contributed by atoms with Gasteiger partial charge in [0.15, 0.2) is 11.5 Å². The number of hydrogen-bond donors (Lipinski definition) is 2. The Bertz CT molecular complexity index is 928. The van der Waals surface area contributed by atoms with Crippen LogP contribution in [0.25, 0.3) is 16.9 Å². The number of pyridine rings is 1. The van der Waals surface area contributed by atoms with Crippen molar-refractivity contribution in [3.63, 3.8) is 0 Å². The first-order valence-corrected chi connectivity index (χ1v) is 10.4. The second-order valence-corrected chi connectivity index (χ2v) is 7.48. The maximum Gasteiger partial charge on any atom is 0.458 e. The molecule has 2 N–H and O–H groups in total. The van der Waals surface area contributed by atoms with Gasteiger partial charge in [0.1, 0.15) is 5.82 Å². The summed E-state index contributed by atoms with van der Waals surface area (Å²) in [6, 6.07) is 4.21. The van der Waals surface area contributed by atoms with Crippen LogP contribution < -0.4 is 10.2 Å². The number of fused-ring (bicyclic) bond motifs is 1. The van der Waals surface area contributed by atoms with Crippen molar-refractivity contribution in [3.05, 3.63) is 24.5 Å². The highest BCUT2D eigenvalue weighted by Gasteiger charge is 2.23. The molecule has 1 aliphatic rings. The van der Waals surface area contributed by atoms with Crippen LogP contribution >= 0.6 is 0 Å². The van der Waals surface area contributed by atoms with Gasteiger partial charge in [-0.05, 0) is 13.3 Å². The van der Waals surface area contributed by atoms with Gasteiger partial charge in [-0.15, -0.1) is 0 Å². The van der Waals surface area contributed by atoms with E-state index in [1.165, 1.54) is 0 Å². The van der Waals surface area contributed by atoms with Crippen molar-refractivity contribution in [1.29, 1.82) is 0 Å². The van der Waals surface area contributed by atoms with Crippen LogP contribution in [0.2, 0.25) is 0 Å². The first-order chi connectivity index (χ1) is 13.8. The molecule has 0 saturated carbocycles. The Morgan fingerprint density at radius 1 is 1.43 bits per heavy atom. The average molecular weight is 403 g/mol. The summed E-state index contributed by atoms with van der Waals surface area (Å²) in [6.07, 6.45) is 5.36. The Labute approximate surface area is 167 Å². The predicted molar refractivity (Wildman–Crippen MR) is 109 cm³/mol. The lowest BCUT2D eigenvalue weighted by molar-refractivity contribution is 0.0986. The second kappa shape index (κ2) is 8.61. The normalized spacial score (nSPS) is 17.2. The maximum atomic E-state index is 10.6. The molecule has 1 fully saturated rings. The van der Waals surface area contributed by atoms with Crippen molar-refractivity contribution in [2.75, 3.05) is 42.3 Å². The number of aromatic amines is 1. The quantitative estimate of drug-likeness (QED) is 0.439. The number of rotatable bonds is 8. The molecule has 0 spiro atoms. The molecule has 4 rings (SSSR count). The van der Waals surface area contributed by atoms with E-state index in [0.29, 0.717) is 30.6 Å². The molecule has 10 heteroatoms. The summed E-state index contributed by atoms with van der Waals surface area (Å²) in [5, 5.41) is 16.0. The highest BCUT2D eigenvalue weighted by Crippen LogP contribution is 2.29. The summed E-state index contributed by atoms with van der Waals surface area (Å²) in [5.41, 5.74) is 1.78. The number of aromatic nitrogens is 5. The van der Waals surface area contributed by atoms with Gasteiger partial charge >= 0.3 is 11.7 Å². The maximum absolute atomic E-state index is 10.6. The molecule has 3 aromatic heterocycles. The third-order valence-corrected chi connectivity index (χ3v) is 5.33. The number of nitrogens with one attached hydrogen (secondary N) is 2. The summed E-state index contributed by atoms with van der Waals surface area (Å²) in [4.78, 5) is 7.19. The lowest BCUT2D eigenvalue weighted by atomic mass is 10.2. The molecule has 28 heavy (non-hydrogen) atoms. The first-order valence-electron chi connectivity index (χ1n) is 9.49. The van der Waals surface area contributed by atoms with E-state index in [-0.39, 0.29) is 6.04 Å². The smallest absolute Gasteiger partial charge is 0.384 e. The molecule has 9 nitrogen and oxygen atoms in total. The predicted octanol–water partition coefficient (Wildman–Crippen LogP) is 1.99. The monoisotopic (exact) mass is 402 g/mol. The lowest BCUT2D eigenvalue weighted by Gasteiger charge is -2.34. The van der Waals surface area contributed by atoms with E-state index in [9.17, 15) is 4.21 Å². The number of ether oxygens (including phenoxy) is 1. The van der Waals surface area contributed by atoms with Crippen LogP contribution in [0.5, 0.6) is 0 Å². The van der Waals surface area contributed by atoms with Crippen LogP contribution in [-0.4, -0.2) is 63.1 Å². The summed E-state index contributed by atoms with van der Waals surface area (Å²) in [6.45, 7) is 5.13. The van der Waals surface area contributed by atoms with Gasteiger partial charge in [-0.25, -0.2) is 4.98 Å². The number of hydrogen-bond acceptors (Lipinski definition) is 7. The fourth-order valence-electron chi connectivity index (χ4n) is 3.40. The van der Waals surface area contributed by atoms with Crippen molar-refractivity contribution in [3.8, 4) is 5.82 Å². The van der Waals surface area contributed by atoms with Crippen LogP contribution in [0.3, 0.4) is 0 Å². The SMILES string of the molecule is C[C@@H]1COCCN1c1cc(NCCCC[S+]=O)c2cnn(-c3ccn[nH]3)c2n1. The van der Waals surface area contributed by atoms with Crippen LogP contribution in [0.4, 0.5) is 11.5 Å². The molecule has 0 amide bonds. The zero-order chi connectivity index (χ0) is 19.3. The van der Waals surface area contributed by atoms with E-state index < -0.39 is 0 Å². The van der Waals surface area contributed by atoms with Gasteiger partial charge in [-0.2, -0.15) is 14.9 Å². The van der Waals surface area contributed by atoms with Crippen LogP contribution in [0.15, 0.2) is 24.5 Å². The Hall–Kier alpha value is -2.59. The summed E-state index contributed by atoms with van der Waals surface area (Å²) in [5.74, 6) is 2.32. The van der Waals surface area contributed by atoms with Crippen LogP contribution in [0, 0.1) is 0 Å². The van der Waals surface area contributed by atoms with Gasteiger partial charge in [-0.1, -0.05) is 0 Å². The molecule has 0 radical (unpaired) electrons.